The third-order valence-electron chi connectivity index (χ3n) is 1.15. The van der Waals surface area contributed by atoms with Crippen molar-refractivity contribution in [3.8, 4) is 0 Å². The van der Waals surface area contributed by atoms with Gasteiger partial charge >= 0.3 is 33.9 Å². The van der Waals surface area contributed by atoms with Crippen LogP contribution in [0.3, 0.4) is 0 Å². The Morgan fingerprint density at radius 3 is 1.62 bits per heavy atom. The van der Waals surface area contributed by atoms with Gasteiger partial charge in [-0.25, -0.2) is 0 Å². The van der Waals surface area contributed by atoms with E-state index in [1.165, 1.54) is 5.56 Å². The molecule has 0 fully saturated rings. The van der Waals surface area contributed by atoms with E-state index in [1.807, 2.05) is 30.3 Å². The maximum absolute atomic E-state index is 7.50. The van der Waals surface area contributed by atoms with Gasteiger partial charge in [0.25, 0.3) is 0 Å². The topological polar surface area (TPSA) is 68.9 Å². The van der Waals surface area contributed by atoms with Crippen molar-refractivity contribution in [1.82, 2.24) is 0 Å². The van der Waals surface area contributed by atoms with Gasteiger partial charge in [-0.05, 0) is 5.56 Å². The molecule has 0 aliphatic carbocycles. The van der Waals surface area contributed by atoms with Crippen LogP contribution < -0.4 is 0 Å². The number of hydrogen-bond acceptors (Lipinski definition) is 1. The SMILES string of the molecule is COCc1ccccc1.[C-]#[O+].[C-]#[O+].[C-]#[O+].[Cr]. The Labute approximate surface area is 106 Å². The minimum absolute atomic E-state index is 0. The molecule has 0 amide bonds. The van der Waals surface area contributed by atoms with Gasteiger partial charge in [0.2, 0.25) is 0 Å². The molecule has 0 heterocycles. The Morgan fingerprint density at radius 1 is 0.938 bits per heavy atom. The zero-order valence-corrected chi connectivity index (χ0v) is 9.91. The van der Waals surface area contributed by atoms with Crippen LogP contribution in [-0.2, 0) is 42.7 Å². The molecule has 0 atom stereocenters. The van der Waals surface area contributed by atoms with Gasteiger partial charge in [-0.3, -0.25) is 0 Å². The Morgan fingerprint density at radius 2 is 1.31 bits per heavy atom. The van der Waals surface area contributed by atoms with Crippen LogP contribution in [0, 0.1) is 20.0 Å². The van der Waals surface area contributed by atoms with Crippen molar-refractivity contribution < 1.29 is 36.1 Å². The molecule has 0 saturated carbocycles. The maximum Gasteiger partial charge on any atom is 0 e. The van der Waals surface area contributed by atoms with Crippen molar-refractivity contribution in [3.63, 3.8) is 0 Å². The van der Waals surface area contributed by atoms with E-state index >= 15 is 0 Å². The summed E-state index contributed by atoms with van der Waals surface area (Å²) >= 11 is 0. The molecule has 1 aromatic rings. The van der Waals surface area contributed by atoms with E-state index in [0.29, 0.717) is 6.61 Å². The van der Waals surface area contributed by atoms with E-state index in [9.17, 15) is 0 Å². The summed E-state index contributed by atoms with van der Waals surface area (Å²) in [6.07, 6.45) is 0. The summed E-state index contributed by atoms with van der Waals surface area (Å²) in [6, 6.07) is 10.1. The molecule has 4 nitrogen and oxygen atoms in total. The predicted molar refractivity (Wildman–Crippen MR) is 48.9 cm³/mol. The van der Waals surface area contributed by atoms with Crippen LogP contribution in [-0.4, -0.2) is 7.11 Å². The van der Waals surface area contributed by atoms with E-state index in [1.54, 1.807) is 7.11 Å². The molecular weight excluding hydrogens is 248 g/mol. The normalized spacial score (nSPS) is 5.69. The van der Waals surface area contributed by atoms with Gasteiger partial charge in [0, 0.05) is 24.5 Å². The van der Waals surface area contributed by atoms with Gasteiger partial charge in [-0.1, -0.05) is 30.3 Å². The molecule has 0 spiro atoms. The molecule has 0 N–H and O–H groups in total. The first-order valence-corrected chi connectivity index (χ1v) is 3.57. The molecule has 0 unspecified atom stereocenters. The van der Waals surface area contributed by atoms with Crippen LogP contribution in [0.15, 0.2) is 30.3 Å². The quantitative estimate of drug-likeness (QED) is 0.588. The molecule has 84 valence electrons. The van der Waals surface area contributed by atoms with Crippen LogP contribution >= 0.6 is 0 Å². The summed E-state index contributed by atoms with van der Waals surface area (Å²) in [6.45, 7) is 14.2. The van der Waals surface area contributed by atoms with Crippen molar-refractivity contribution in [3.05, 3.63) is 55.8 Å². The van der Waals surface area contributed by atoms with E-state index < -0.39 is 0 Å². The monoisotopic (exact) mass is 258 g/mol. The van der Waals surface area contributed by atoms with Crippen molar-refractivity contribution in [2.24, 2.45) is 0 Å². The Bertz CT molecular complexity index is 252. The fourth-order valence-electron chi connectivity index (χ4n) is 0.741. The first kappa shape index (κ1) is 24.3. The molecule has 1 rings (SSSR count). The fraction of sp³-hybridized carbons (Fsp3) is 0.182. The van der Waals surface area contributed by atoms with Gasteiger partial charge in [-0.15, -0.1) is 0 Å². The fourth-order valence-corrected chi connectivity index (χ4v) is 0.741. The van der Waals surface area contributed by atoms with Gasteiger partial charge in [-0.2, -0.15) is 0 Å². The summed E-state index contributed by atoms with van der Waals surface area (Å²) in [7, 11) is 1.70. The molecule has 5 heteroatoms. The van der Waals surface area contributed by atoms with Gasteiger partial charge in [0.15, 0.2) is 0 Å². The molecule has 0 saturated heterocycles. The van der Waals surface area contributed by atoms with Crippen LogP contribution in [0.25, 0.3) is 0 Å². The minimum atomic E-state index is 0. The van der Waals surface area contributed by atoms with Gasteiger partial charge in [0.1, 0.15) is 0 Å². The molecule has 16 heavy (non-hydrogen) atoms. The first-order chi connectivity index (χ1) is 7.43. The van der Waals surface area contributed by atoms with Gasteiger partial charge in [0.05, 0.1) is 6.61 Å². The first-order valence-electron chi connectivity index (χ1n) is 3.57. The van der Waals surface area contributed by atoms with Crippen molar-refractivity contribution in [2.75, 3.05) is 7.11 Å². The van der Waals surface area contributed by atoms with Crippen LogP contribution in [0.1, 0.15) is 5.56 Å². The van der Waals surface area contributed by atoms with Crippen molar-refractivity contribution in [1.29, 1.82) is 0 Å². The third-order valence-corrected chi connectivity index (χ3v) is 1.15. The van der Waals surface area contributed by atoms with E-state index in [-0.39, 0.29) is 17.4 Å². The standard InChI is InChI=1S/C8H10O.3CO.Cr/c1-9-7-8-5-3-2-4-6-8;3*1-2;/h2-6H,7H2,1H3;;;;. The minimum Gasteiger partial charge on any atom is 0 e. The number of ether oxygens (including phenoxy) is 1. The van der Waals surface area contributed by atoms with Gasteiger partial charge < -0.3 is 4.74 Å². The molecule has 0 radical (unpaired) electrons. The van der Waals surface area contributed by atoms with Crippen molar-refractivity contribution in [2.45, 2.75) is 6.61 Å². The summed E-state index contributed by atoms with van der Waals surface area (Å²) in [5.74, 6) is 0. The van der Waals surface area contributed by atoms with Crippen LogP contribution in [0.5, 0.6) is 0 Å². The summed E-state index contributed by atoms with van der Waals surface area (Å²) in [5.41, 5.74) is 1.22. The Balaban J connectivity index is -0.0000000900. The second-order valence-corrected chi connectivity index (χ2v) is 1.92. The predicted octanol–water partition coefficient (Wildman–Crippen LogP) is 1.72. The number of rotatable bonds is 2. The average molecular weight is 258 g/mol. The maximum atomic E-state index is 7.50. The molecular formula is C11H10CrO4. The molecule has 0 aromatic heterocycles. The van der Waals surface area contributed by atoms with E-state index in [4.69, 9.17) is 18.7 Å². The number of benzene rings is 1. The third kappa shape index (κ3) is 18.7. The second kappa shape index (κ2) is 29.2. The van der Waals surface area contributed by atoms with Crippen LogP contribution in [0.2, 0.25) is 0 Å². The summed E-state index contributed by atoms with van der Waals surface area (Å²) in [4.78, 5) is 0. The summed E-state index contributed by atoms with van der Waals surface area (Å²) in [5, 5.41) is 0. The smallest absolute Gasteiger partial charge is 0 e. The van der Waals surface area contributed by atoms with E-state index in [2.05, 4.69) is 20.0 Å². The zero-order chi connectivity index (χ0) is 12.5. The average Bonchev–Trinajstić information content (AvgIpc) is 2.38. The molecule has 0 bridgehead atoms. The Hall–Kier alpha value is -1.07. The van der Waals surface area contributed by atoms with E-state index in [0.717, 1.165) is 0 Å². The number of methoxy groups -OCH3 is 1. The Kier molecular flexibility index (Phi) is 44.3. The van der Waals surface area contributed by atoms with Crippen LogP contribution in [0.4, 0.5) is 0 Å². The molecule has 0 aliphatic rings. The largest absolute Gasteiger partial charge is 0 e. The van der Waals surface area contributed by atoms with Crippen molar-refractivity contribution >= 4 is 0 Å². The number of hydrogen-bond donors (Lipinski definition) is 0. The second-order valence-electron chi connectivity index (χ2n) is 1.92. The molecule has 0 aliphatic heterocycles. The zero-order valence-electron chi connectivity index (χ0n) is 8.64. The summed E-state index contributed by atoms with van der Waals surface area (Å²) < 4.78 is 27.4. The molecule has 1 aromatic carbocycles.